The molecule has 0 unspecified atom stereocenters. The van der Waals surface area contributed by atoms with E-state index in [1.807, 2.05) is 54.4 Å². The highest BCUT2D eigenvalue weighted by Gasteiger charge is 2.24. The Morgan fingerprint density at radius 3 is 2.16 bits per heavy atom. The van der Waals surface area contributed by atoms with Crippen LogP contribution in [0.25, 0.3) is 0 Å². The number of anilines is 1. The maximum absolute atomic E-state index is 12.6. The molecule has 2 aliphatic rings. The van der Waals surface area contributed by atoms with Gasteiger partial charge in [0.2, 0.25) is 5.91 Å². The minimum Gasteiger partial charge on any atom is -0.357 e. The zero-order valence-corrected chi connectivity index (χ0v) is 18.9. The molecule has 0 radical (unpaired) electrons. The van der Waals surface area contributed by atoms with Crippen LogP contribution in [0.5, 0.6) is 0 Å². The number of rotatable bonds is 5. The molecule has 0 bridgehead atoms. The molecule has 32 heavy (non-hydrogen) atoms. The predicted octanol–water partition coefficient (Wildman–Crippen LogP) is 2.98. The smallest absolute Gasteiger partial charge is 0.317 e. The number of pyridine rings is 1. The zero-order chi connectivity index (χ0) is 22.3. The van der Waals surface area contributed by atoms with Crippen LogP contribution in [0.1, 0.15) is 36.0 Å². The minimum absolute atomic E-state index is 0.0873. The lowest BCUT2D eigenvalue weighted by atomic mass is 10.1. The van der Waals surface area contributed by atoms with Gasteiger partial charge in [-0.3, -0.25) is 4.79 Å². The van der Waals surface area contributed by atoms with E-state index >= 15 is 0 Å². The van der Waals surface area contributed by atoms with Crippen molar-refractivity contribution in [3.05, 3.63) is 59.3 Å². The van der Waals surface area contributed by atoms with Gasteiger partial charge in [-0.05, 0) is 43.4 Å². The first-order valence-corrected chi connectivity index (χ1v) is 11.6. The van der Waals surface area contributed by atoms with Crippen molar-refractivity contribution in [2.75, 3.05) is 44.2 Å². The highest BCUT2D eigenvalue weighted by Crippen LogP contribution is 2.17. The number of benzene rings is 1. The van der Waals surface area contributed by atoms with Crippen LogP contribution in [-0.4, -0.2) is 66.0 Å². The molecule has 0 aliphatic carbocycles. The summed E-state index contributed by atoms with van der Waals surface area (Å²) in [6, 6.07) is 12.1. The molecule has 2 aromatic rings. The number of hydrogen-bond acceptors (Lipinski definition) is 4. The number of piperidine rings is 1. The molecule has 3 amide bonds. The van der Waals surface area contributed by atoms with E-state index in [0.29, 0.717) is 39.1 Å². The van der Waals surface area contributed by atoms with Gasteiger partial charge in [-0.25, -0.2) is 9.78 Å². The molecule has 0 saturated carbocycles. The molecule has 3 heterocycles. The fourth-order valence-corrected chi connectivity index (χ4v) is 4.27. The second-order valence-electron chi connectivity index (χ2n) is 8.76. The van der Waals surface area contributed by atoms with Crippen LogP contribution < -0.4 is 10.2 Å². The topological polar surface area (TPSA) is 68.8 Å². The number of urea groups is 1. The molecule has 1 aromatic heterocycles. The van der Waals surface area contributed by atoms with E-state index in [4.69, 9.17) is 0 Å². The molecular formula is C25H33N5O2. The maximum atomic E-state index is 12.6. The third kappa shape index (κ3) is 5.78. The van der Waals surface area contributed by atoms with Gasteiger partial charge in [0.1, 0.15) is 5.82 Å². The molecule has 4 rings (SSSR count). The standard InChI is InChI=1S/C25H33N5O2/c1-20-5-7-21(8-6-20)17-24(31)29-13-15-30(16-14-29)25(32)27-19-22-9-10-23(26-18-22)28-11-3-2-4-12-28/h5-10,18H,2-4,11-17,19H2,1H3,(H,27,32). The summed E-state index contributed by atoms with van der Waals surface area (Å²) in [7, 11) is 0. The van der Waals surface area contributed by atoms with Gasteiger partial charge >= 0.3 is 6.03 Å². The monoisotopic (exact) mass is 435 g/mol. The van der Waals surface area contributed by atoms with Crippen molar-refractivity contribution >= 4 is 17.8 Å². The largest absolute Gasteiger partial charge is 0.357 e. The predicted molar refractivity (Wildman–Crippen MR) is 126 cm³/mol. The maximum Gasteiger partial charge on any atom is 0.317 e. The first-order valence-electron chi connectivity index (χ1n) is 11.6. The third-order valence-electron chi connectivity index (χ3n) is 6.33. The summed E-state index contributed by atoms with van der Waals surface area (Å²) >= 11 is 0. The number of piperazine rings is 1. The molecule has 0 spiro atoms. The number of carbonyl (C=O) groups excluding carboxylic acids is 2. The first kappa shape index (κ1) is 22.1. The second kappa shape index (κ2) is 10.5. The van der Waals surface area contributed by atoms with Crippen molar-refractivity contribution in [1.29, 1.82) is 0 Å². The van der Waals surface area contributed by atoms with Gasteiger partial charge in [0, 0.05) is 52.0 Å². The Hall–Kier alpha value is -3.09. The van der Waals surface area contributed by atoms with Crippen LogP contribution in [0.4, 0.5) is 10.6 Å². The number of carbonyl (C=O) groups is 2. The van der Waals surface area contributed by atoms with E-state index in [2.05, 4.69) is 15.2 Å². The van der Waals surface area contributed by atoms with Gasteiger partial charge in [0.15, 0.2) is 0 Å². The number of hydrogen-bond donors (Lipinski definition) is 1. The summed E-state index contributed by atoms with van der Waals surface area (Å²) in [6.07, 6.45) is 6.02. The quantitative estimate of drug-likeness (QED) is 0.784. The molecule has 2 fully saturated rings. The Labute approximate surface area is 190 Å². The molecule has 2 saturated heterocycles. The summed E-state index contributed by atoms with van der Waals surface area (Å²) < 4.78 is 0. The van der Waals surface area contributed by atoms with Gasteiger partial charge in [-0.2, -0.15) is 0 Å². The lowest BCUT2D eigenvalue weighted by molar-refractivity contribution is -0.131. The Kier molecular flexibility index (Phi) is 7.24. The molecule has 170 valence electrons. The Morgan fingerprint density at radius 1 is 0.844 bits per heavy atom. The van der Waals surface area contributed by atoms with Crippen molar-refractivity contribution in [3.8, 4) is 0 Å². The molecule has 1 N–H and O–H groups in total. The van der Waals surface area contributed by atoms with Gasteiger partial charge < -0.3 is 20.0 Å². The second-order valence-corrected chi connectivity index (χ2v) is 8.76. The van der Waals surface area contributed by atoms with Gasteiger partial charge in [0.25, 0.3) is 0 Å². The van der Waals surface area contributed by atoms with E-state index in [-0.39, 0.29) is 11.9 Å². The molecule has 2 aliphatic heterocycles. The Morgan fingerprint density at radius 2 is 1.50 bits per heavy atom. The Balaban J connectivity index is 1.19. The third-order valence-corrected chi connectivity index (χ3v) is 6.33. The lowest BCUT2D eigenvalue weighted by Gasteiger charge is -2.34. The zero-order valence-electron chi connectivity index (χ0n) is 18.9. The fraction of sp³-hybridized carbons (Fsp3) is 0.480. The van der Waals surface area contributed by atoms with Gasteiger partial charge in [-0.15, -0.1) is 0 Å². The van der Waals surface area contributed by atoms with E-state index < -0.39 is 0 Å². The normalized spacial score (nSPS) is 16.7. The van der Waals surface area contributed by atoms with Crippen LogP contribution in [0.3, 0.4) is 0 Å². The summed E-state index contributed by atoms with van der Waals surface area (Å²) in [4.78, 5) is 35.7. The van der Waals surface area contributed by atoms with Crippen molar-refractivity contribution in [2.24, 2.45) is 0 Å². The van der Waals surface area contributed by atoms with E-state index in [0.717, 1.165) is 30.0 Å². The summed E-state index contributed by atoms with van der Waals surface area (Å²) in [6.45, 7) is 6.89. The SMILES string of the molecule is Cc1ccc(CC(=O)N2CCN(C(=O)NCc3ccc(N4CCCCC4)nc3)CC2)cc1. The first-order chi connectivity index (χ1) is 15.6. The molecule has 7 nitrogen and oxygen atoms in total. The van der Waals surface area contributed by atoms with Crippen LogP contribution in [-0.2, 0) is 17.8 Å². The van der Waals surface area contributed by atoms with Crippen LogP contribution in [0.15, 0.2) is 42.6 Å². The molecule has 0 atom stereocenters. The number of amides is 3. The van der Waals surface area contributed by atoms with Gasteiger partial charge in [0.05, 0.1) is 6.42 Å². The highest BCUT2D eigenvalue weighted by molar-refractivity contribution is 5.79. The van der Waals surface area contributed by atoms with Crippen LogP contribution >= 0.6 is 0 Å². The van der Waals surface area contributed by atoms with Gasteiger partial charge in [-0.1, -0.05) is 35.9 Å². The van der Waals surface area contributed by atoms with E-state index in [1.165, 1.54) is 24.8 Å². The molecular weight excluding hydrogens is 402 g/mol. The number of aromatic nitrogens is 1. The van der Waals surface area contributed by atoms with Crippen molar-refractivity contribution in [2.45, 2.75) is 39.2 Å². The van der Waals surface area contributed by atoms with Crippen molar-refractivity contribution in [1.82, 2.24) is 20.1 Å². The average Bonchev–Trinajstić information content (AvgIpc) is 2.85. The summed E-state index contributed by atoms with van der Waals surface area (Å²) in [5.41, 5.74) is 3.21. The van der Waals surface area contributed by atoms with Crippen LogP contribution in [0, 0.1) is 6.92 Å². The van der Waals surface area contributed by atoms with E-state index in [9.17, 15) is 9.59 Å². The molecule has 1 aromatic carbocycles. The number of nitrogens with one attached hydrogen (secondary N) is 1. The summed E-state index contributed by atoms with van der Waals surface area (Å²) in [5, 5.41) is 2.99. The van der Waals surface area contributed by atoms with Crippen LogP contribution in [0.2, 0.25) is 0 Å². The Bertz CT molecular complexity index is 899. The highest BCUT2D eigenvalue weighted by atomic mass is 16.2. The van der Waals surface area contributed by atoms with E-state index in [1.54, 1.807) is 4.90 Å². The average molecular weight is 436 g/mol. The number of nitrogens with zero attached hydrogens (tertiary/aromatic N) is 4. The minimum atomic E-state index is -0.0873. The fourth-order valence-electron chi connectivity index (χ4n) is 4.27. The van der Waals surface area contributed by atoms with Crippen molar-refractivity contribution < 1.29 is 9.59 Å². The number of aryl methyl sites for hydroxylation is 1. The molecule has 7 heteroatoms. The van der Waals surface area contributed by atoms with Crippen molar-refractivity contribution in [3.63, 3.8) is 0 Å². The summed E-state index contributed by atoms with van der Waals surface area (Å²) in [5.74, 6) is 1.14. The lowest BCUT2D eigenvalue weighted by Crippen LogP contribution is -2.53.